The lowest BCUT2D eigenvalue weighted by atomic mass is 10.4. The third-order valence-electron chi connectivity index (χ3n) is 0.854. The number of rotatable bonds is 4. The van der Waals surface area contributed by atoms with Gasteiger partial charge in [0.05, 0.1) is 6.61 Å². The maximum atomic E-state index is 10.0. The number of carboxylic acid groups (broad SMARTS) is 1. The SMILES string of the molecule is O=C(O)OC(CO)COC(=O)Cl. The molecular weight excluding hydrogens is 192 g/mol. The molecule has 7 heteroatoms. The molecule has 0 saturated heterocycles. The van der Waals surface area contributed by atoms with Gasteiger partial charge < -0.3 is 19.7 Å². The second-order valence-electron chi connectivity index (χ2n) is 1.74. The molecule has 0 aliphatic heterocycles. The third kappa shape index (κ3) is 5.75. The van der Waals surface area contributed by atoms with Gasteiger partial charge in [0.1, 0.15) is 6.61 Å². The Morgan fingerprint density at radius 1 is 1.50 bits per heavy atom. The normalized spacial score (nSPS) is 11.8. The molecule has 6 nitrogen and oxygen atoms in total. The predicted molar refractivity (Wildman–Crippen MR) is 37.2 cm³/mol. The lowest BCUT2D eigenvalue weighted by molar-refractivity contribution is -0.00454. The molecule has 0 aliphatic carbocycles. The minimum atomic E-state index is -1.56. The summed E-state index contributed by atoms with van der Waals surface area (Å²) in [6.07, 6.45) is -2.65. The van der Waals surface area contributed by atoms with Crippen molar-refractivity contribution in [3.8, 4) is 0 Å². The van der Waals surface area contributed by atoms with Gasteiger partial charge in [0.2, 0.25) is 0 Å². The Balaban J connectivity index is 3.67. The van der Waals surface area contributed by atoms with Gasteiger partial charge in [-0.05, 0) is 0 Å². The molecule has 0 rings (SSSR count). The topological polar surface area (TPSA) is 93.1 Å². The summed E-state index contributed by atoms with van der Waals surface area (Å²) in [5.74, 6) is 0. The maximum absolute atomic E-state index is 10.0. The molecule has 1 atom stereocenters. The van der Waals surface area contributed by atoms with E-state index in [1.165, 1.54) is 0 Å². The molecule has 2 N–H and O–H groups in total. The van der Waals surface area contributed by atoms with Gasteiger partial charge in [-0.15, -0.1) is 0 Å². The van der Waals surface area contributed by atoms with E-state index >= 15 is 0 Å². The molecule has 0 heterocycles. The van der Waals surface area contributed by atoms with Crippen LogP contribution in [0, 0.1) is 0 Å². The van der Waals surface area contributed by atoms with E-state index in [0.29, 0.717) is 0 Å². The first-order valence-electron chi connectivity index (χ1n) is 2.89. The van der Waals surface area contributed by atoms with E-state index in [1.807, 2.05) is 0 Å². The van der Waals surface area contributed by atoms with Crippen LogP contribution in [0.2, 0.25) is 0 Å². The molecule has 0 saturated carbocycles. The molecular formula is C5H7ClO6. The number of hydrogen-bond acceptors (Lipinski definition) is 5. The van der Waals surface area contributed by atoms with E-state index in [4.69, 9.17) is 21.8 Å². The molecule has 0 aromatic carbocycles. The molecule has 0 amide bonds. The highest BCUT2D eigenvalue weighted by atomic mass is 35.5. The van der Waals surface area contributed by atoms with Gasteiger partial charge in [0.25, 0.3) is 0 Å². The third-order valence-corrected chi connectivity index (χ3v) is 0.963. The fraction of sp³-hybridized carbons (Fsp3) is 0.600. The first kappa shape index (κ1) is 11.0. The number of halogens is 1. The van der Waals surface area contributed by atoms with Crippen LogP contribution in [0.4, 0.5) is 9.59 Å². The maximum Gasteiger partial charge on any atom is 0.506 e. The van der Waals surface area contributed by atoms with Crippen LogP contribution in [0.15, 0.2) is 0 Å². The van der Waals surface area contributed by atoms with Crippen LogP contribution in [0.25, 0.3) is 0 Å². The van der Waals surface area contributed by atoms with Crippen molar-refractivity contribution in [1.82, 2.24) is 0 Å². The van der Waals surface area contributed by atoms with E-state index in [2.05, 4.69) is 9.47 Å². The molecule has 12 heavy (non-hydrogen) atoms. The average molecular weight is 199 g/mol. The van der Waals surface area contributed by atoms with Gasteiger partial charge in [0.15, 0.2) is 6.10 Å². The van der Waals surface area contributed by atoms with Gasteiger partial charge in [0, 0.05) is 11.6 Å². The van der Waals surface area contributed by atoms with E-state index in [0.717, 1.165) is 0 Å². The summed E-state index contributed by atoms with van der Waals surface area (Å²) in [6, 6.07) is 0. The number of hydrogen-bond donors (Lipinski definition) is 2. The van der Waals surface area contributed by atoms with Crippen LogP contribution in [-0.4, -0.2) is 41.1 Å². The zero-order valence-electron chi connectivity index (χ0n) is 5.90. The van der Waals surface area contributed by atoms with E-state index in [1.54, 1.807) is 0 Å². The largest absolute Gasteiger partial charge is 0.506 e. The monoisotopic (exact) mass is 198 g/mol. The van der Waals surface area contributed by atoms with E-state index in [9.17, 15) is 9.59 Å². The minimum Gasteiger partial charge on any atom is -0.450 e. The molecule has 70 valence electrons. The van der Waals surface area contributed by atoms with Crippen LogP contribution >= 0.6 is 11.6 Å². The summed E-state index contributed by atoms with van der Waals surface area (Å²) in [5, 5.41) is 16.5. The van der Waals surface area contributed by atoms with Crippen molar-refractivity contribution in [3.05, 3.63) is 0 Å². The quantitative estimate of drug-likeness (QED) is 0.502. The van der Waals surface area contributed by atoms with Crippen molar-refractivity contribution in [2.45, 2.75) is 6.10 Å². The molecule has 0 aromatic heterocycles. The number of aliphatic hydroxyl groups excluding tert-OH is 1. The molecule has 0 fully saturated rings. The second kappa shape index (κ2) is 5.62. The van der Waals surface area contributed by atoms with Crippen molar-refractivity contribution < 1.29 is 29.3 Å². The average Bonchev–Trinajstić information content (AvgIpc) is 1.97. The van der Waals surface area contributed by atoms with Gasteiger partial charge in [-0.25, -0.2) is 9.59 Å². The highest BCUT2D eigenvalue weighted by Crippen LogP contribution is 1.95. The molecule has 0 aliphatic rings. The van der Waals surface area contributed by atoms with Crippen LogP contribution in [0.5, 0.6) is 0 Å². The Bertz CT molecular complexity index is 169. The summed E-state index contributed by atoms with van der Waals surface area (Å²) in [6.45, 7) is -0.971. The number of carbonyl (C=O) groups excluding carboxylic acids is 1. The number of ether oxygens (including phenoxy) is 2. The predicted octanol–water partition coefficient (Wildman–Crippen LogP) is 0.417. The van der Waals surface area contributed by atoms with Crippen LogP contribution in [0.1, 0.15) is 0 Å². The van der Waals surface area contributed by atoms with Crippen LogP contribution < -0.4 is 0 Å². The Hall–Kier alpha value is -1.01. The molecule has 0 radical (unpaired) electrons. The van der Waals surface area contributed by atoms with E-state index in [-0.39, 0.29) is 0 Å². The van der Waals surface area contributed by atoms with Crippen molar-refractivity contribution in [1.29, 1.82) is 0 Å². The summed E-state index contributed by atoms with van der Waals surface area (Å²) >= 11 is 4.77. The van der Waals surface area contributed by atoms with Gasteiger partial charge in [-0.2, -0.15) is 0 Å². The highest BCUT2D eigenvalue weighted by Gasteiger charge is 2.13. The summed E-state index contributed by atoms with van der Waals surface area (Å²) in [4.78, 5) is 19.9. The number of aliphatic hydroxyl groups is 1. The molecule has 1 unspecified atom stereocenters. The van der Waals surface area contributed by atoms with E-state index < -0.39 is 30.9 Å². The summed E-state index contributed by atoms with van der Waals surface area (Å²) in [5.41, 5.74) is -1.08. The highest BCUT2D eigenvalue weighted by molar-refractivity contribution is 6.61. The van der Waals surface area contributed by atoms with Gasteiger partial charge in [-0.1, -0.05) is 0 Å². The molecule has 0 aromatic rings. The zero-order valence-corrected chi connectivity index (χ0v) is 6.65. The first-order chi connectivity index (χ1) is 5.56. The Kier molecular flexibility index (Phi) is 5.14. The molecule has 0 bridgehead atoms. The lowest BCUT2D eigenvalue weighted by Gasteiger charge is -2.11. The Morgan fingerprint density at radius 2 is 2.08 bits per heavy atom. The number of carbonyl (C=O) groups is 2. The van der Waals surface area contributed by atoms with Gasteiger partial charge in [-0.3, -0.25) is 0 Å². The Labute approximate surface area is 72.6 Å². The minimum absolute atomic E-state index is 0.398. The smallest absolute Gasteiger partial charge is 0.450 e. The first-order valence-corrected chi connectivity index (χ1v) is 3.26. The fourth-order valence-electron chi connectivity index (χ4n) is 0.425. The molecule has 0 spiro atoms. The standard InChI is InChI=1S/C5H7ClO6/c6-4(8)11-2-3(1-7)12-5(9)10/h3,7H,1-2H2,(H,9,10). The summed E-state index contributed by atoms with van der Waals surface area (Å²) < 4.78 is 8.25. The van der Waals surface area contributed by atoms with Crippen LogP contribution in [-0.2, 0) is 9.47 Å². The van der Waals surface area contributed by atoms with Crippen molar-refractivity contribution in [2.75, 3.05) is 13.2 Å². The summed E-state index contributed by atoms with van der Waals surface area (Å²) in [7, 11) is 0. The van der Waals surface area contributed by atoms with Gasteiger partial charge >= 0.3 is 11.6 Å². The van der Waals surface area contributed by atoms with Crippen molar-refractivity contribution in [3.63, 3.8) is 0 Å². The Morgan fingerprint density at radius 3 is 2.42 bits per heavy atom. The van der Waals surface area contributed by atoms with Crippen molar-refractivity contribution >= 4 is 23.2 Å². The van der Waals surface area contributed by atoms with Crippen LogP contribution in [0.3, 0.4) is 0 Å². The zero-order chi connectivity index (χ0) is 9.56. The second-order valence-corrected chi connectivity index (χ2v) is 2.05. The lowest BCUT2D eigenvalue weighted by Crippen LogP contribution is -2.26. The van der Waals surface area contributed by atoms with Crippen molar-refractivity contribution in [2.24, 2.45) is 0 Å². The fourth-order valence-corrected chi connectivity index (χ4v) is 0.488.